The van der Waals surface area contributed by atoms with E-state index in [-0.39, 0.29) is 18.8 Å². The summed E-state index contributed by atoms with van der Waals surface area (Å²) in [6.45, 7) is 3.71. The Morgan fingerprint density at radius 3 is 2.05 bits per heavy atom. The number of benzene rings is 4. The fraction of sp³-hybridized carbons (Fsp3) is 0.171. The second kappa shape index (κ2) is 13.0. The van der Waals surface area contributed by atoms with E-state index in [0.717, 1.165) is 22.3 Å². The van der Waals surface area contributed by atoms with Crippen molar-refractivity contribution in [3.8, 4) is 5.75 Å². The molecule has 1 atom stereocenters. The first-order valence-corrected chi connectivity index (χ1v) is 13.7. The smallest absolute Gasteiger partial charge is 0.408 e. The summed E-state index contributed by atoms with van der Waals surface area (Å²) in [7, 11) is 0. The molecule has 0 aliphatic carbocycles. The standard InChI is InChI=1S/C35H31NO6/c1-23-18-30-32(24(2)28(33(37)41-30)20-25-12-6-3-7-13-25)31(19-23)42-34(38)29(21-26-14-8-4-9-15-26)36-35(39)40-22-27-16-10-5-11-17-27/h3-19,29H,20-22H2,1-2H3,(H,36,39). The normalized spacial score (nSPS) is 11.6. The number of fused-ring (bicyclic) bond motifs is 1. The number of carbonyl (C=O) groups is 2. The third-order valence-corrected chi connectivity index (χ3v) is 6.99. The lowest BCUT2D eigenvalue weighted by Gasteiger charge is -2.19. The number of carbonyl (C=O) groups excluding carboxylic acids is 2. The summed E-state index contributed by atoms with van der Waals surface area (Å²) in [5.41, 5.74) is 4.41. The molecule has 0 fully saturated rings. The van der Waals surface area contributed by atoms with Crippen LogP contribution in [0.15, 0.2) is 112 Å². The number of amides is 1. The summed E-state index contributed by atoms with van der Waals surface area (Å²) in [5, 5.41) is 3.21. The van der Waals surface area contributed by atoms with Crippen molar-refractivity contribution in [3.63, 3.8) is 0 Å². The van der Waals surface area contributed by atoms with Crippen LogP contribution in [0, 0.1) is 13.8 Å². The van der Waals surface area contributed by atoms with Crippen LogP contribution in [0.5, 0.6) is 5.75 Å². The van der Waals surface area contributed by atoms with Gasteiger partial charge in [0, 0.05) is 18.4 Å². The van der Waals surface area contributed by atoms with Gasteiger partial charge in [0.25, 0.3) is 0 Å². The minimum atomic E-state index is -1.04. The van der Waals surface area contributed by atoms with Crippen molar-refractivity contribution in [1.82, 2.24) is 5.32 Å². The van der Waals surface area contributed by atoms with Gasteiger partial charge in [0.2, 0.25) is 0 Å². The molecule has 0 saturated heterocycles. The quantitative estimate of drug-likeness (QED) is 0.126. The van der Waals surface area contributed by atoms with E-state index in [9.17, 15) is 14.4 Å². The molecular weight excluding hydrogens is 530 g/mol. The van der Waals surface area contributed by atoms with Crippen molar-refractivity contribution >= 4 is 23.0 Å². The predicted octanol–water partition coefficient (Wildman–Crippen LogP) is 6.44. The Morgan fingerprint density at radius 1 is 0.810 bits per heavy atom. The van der Waals surface area contributed by atoms with Crippen LogP contribution in [0.2, 0.25) is 0 Å². The Kier molecular flexibility index (Phi) is 8.78. The number of ether oxygens (including phenoxy) is 2. The third kappa shape index (κ3) is 6.93. The van der Waals surface area contributed by atoms with E-state index < -0.39 is 23.7 Å². The molecule has 7 nitrogen and oxygen atoms in total. The van der Waals surface area contributed by atoms with Gasteiger partial charge in [0.1, 0.15) is 24.0 Å². The van der Waals surface area contributed by atoms with Gasteiger partial charge in [-0.1, -0.05) is 91.0 Å². The van der Waals surface area contributed by atoms with Crippen LogP contribution in [-0.4, -0.2) is 18.1 Å². The molecule has 0 radical (unpaired) electrons. The van der Waals surface area contributed by atoms with E-state index in [4.69, 9.17) is 13.9 Å². The van der Waals surface area contributed by atoms with Gasteiger partial charge in [0.15, 0.2) is 0 Å². The second-order valence-electron chi connectivity index (χ2n) is 10.2. The van der Waals surface area contributed by atoms with Gasteiger partial charge in [-0.25, -0.2) is 14.4 Å². The number of esters is 1. The molecule has 42 heavy (non-hydrogen) atoms. The van der Waals surface area contributed by atoms with Gasteiger partial charge in [-0.15, -0.1) is 0 Å². The Labute approximate surface area is 243 Å². The molecule has 212 valence electrons. The van der Waals surface area contributed by atoms with E-state index in [1.807, 2.05) is 105 Å². The maximum absolute atomic E-state index is 13.7. The summed E-state index contributed by atoms with van der Waals surface area (Å²) >= 11 is 0. The summed E-state index contributed by atoms with van der Waals surface area (Å²) in [4.78, 5) is 39.4. The molecule has 1 heterocycles. The zero-order chi connectivity index (χ0) is 29.5. The van der Waals surface area contributed by atoms with Crippen molar-refractivity contribution in [2.75, 3.05) is 0 Å². The molecule has 0 aliphatic heterocycles. The van der Waals surface area contributed by atoms with E-state index >= 15 is 0 Å². The van der Waals surface area contributed by atoms with Crippen molar-refractivity contribution in [2.45, 2.75) is 39.3 Å². The lowest BCUT2D eigenvalue weighted by molar-refractivity contribution is -0.136. The highest BCUT2D eigenvalue weighted by atomic mass is 16.6. The molecule has 1 aromatic heterocycles. The molecule has 0 aliphatic rings. The van der Waals surface area contributed by atoms with E-state index in [2.05, 4.69) is 5.32 Å². The molecule has 5 rings (SSSR count). The third-order valence-electron chi connectivity index (χ3n) is 6.99. The van der Waals surface area contributed by atoms with Crippen LogP contribution >= 0.6 is 0 Å². The highest BCUT2D eigenvalue weighted by Gasteiger charge is 2.26. The van der Waals surface area contributed by atoms with Crippen LogP contribution < -0.4 is 15.7 Å². The average molecular weight is 562 g/mol. The van der Waals surface area contributed by atoms with Crippen LogP contribution in [0.3, 0.4) is 0 Å². The molecule has 5 aromatic rings. The number of nitrogens with one attached hydrogen (secondary N) is 1. The Hall–Kier alpha value is -5.17. The highest BCUT2D eigenvalue weighted by molar-refractivity contribution is 5.92. The first-order chi connectivity index (χ1) is 20.4. The Morgan fingerprint density at radius 2 is 1.40 bits per heavy atom. The molecule has 1 N–H and O–H groups in total. The Bertz CT molecular complexity index is 1750. The van der Waals surface area contributed by atoms with Gasteiger partial charge in [-0.3, -0.25) is 0 Å². The minimum Gasteiger partial charge on any atom is -0.445 e. The number of hydrogen-bond donors (Lipinski definition) is 1. The number of hydrogen-bond acceptors (Lipinski definition) is 6. The molecular formula is C35H31NO6. The van der Waals surface area contributed by atoms with Crippen LogP contribution in [0.25, 0.3) is 11.0 Å². The van der Waals surface area contributed by atoms with Crippen LogP contribution in [-0.2, 0) is 29.0 Å². The van der Waals surface area contributed by atoms with E-state index in [1.54, 1.807) is 12.1 Å². The molecule has 0 spiro atoms. The molecule has 0 bridgehead atoms. The van der Waals surface area contributed by atoms with Crippen molar-refractivity contribution in [1.29, 1.82) is 0 Å². The predicted molar refractivity (Wildman–Crippen MR) is 161 cm³/mol. The Balaban J connectivity index is 1.43. The van der Waals surface area contributed by atoms with Gasteiger partial charge >= 0.3 is 17.7 Å². The summed E-state index contributed by atoms with van der Waals surface area (Å²) in [6.07, 6.45) is -0.173. The van der Waals surface area contributed by atoms with Gasteiger partial charge in [0.05, 0.1) is 5.39 Å². The van der Waals surface area contributed by atoms with Gasteiger partial charge < -0.3 is 19.2 Å². The zero-order valence-corrected chi connectivity index (χ0v) is 23.5. The van der Waals surface area contributed by atoms with Crippen molar-refractivity contribution in [3.05, 3.63) is 147 Å². The largest absolute Gasteiger partial charge is 0.445 e. The molecule has 7 heteroatoms. The molecule has 0 saturated carbocycles. The fourth-order valence-corrected chi connectivity index (χ4v) is 4.85. The van der Waals surface area contributed by atoms with E-state index in [0.29, 0.717) is 28.5 Å². The number of alkyl carbamates (subject to hydrolysis) is 1. The van der Waals surface area contributed by atoms with Crippen LogP contribution in [0.1, 0.15) is 33.4 Å². The topological polar surface area (TPSA) is 94.8 Å². The monoisotopic (exact) mass is 561 g/mol. The average Bonchev–Trinajstić information content (AvgIpc) is 2.99. The lowest BCUT2D eigenvalue weighted by atomic mass is 9.98. The van der Waals surface area contributed by atoms with Gasteiger partial charge in [-0.2, -0.15) is 0 Å². The minimum absolute atomic E-state index is 0.0602. The maximum atomic E-state index is 13.7. The van der Waals surface area contributed by atoms with Crippen molar-refractivity contribution < 1.29 is 23.5 Å². The highest BCUT2D eigenvalue weighted by Crippen LogP contribution is 2.32. The number of aryl methyl sites for hydroxylation is 2. The first kappa shape index (κ1) is 28.4. The van der Waals surface area contributed by atoms with Crippen molar-refractivity contribution in [2.24, 2.45) is 0 Å². The SMILES string of the molecule is Cc1cc(OC(=O)C(Cc2ccccc2)NC(=O)OCc2ccccc2)c2c(C)c(Cc3ccccc3)c(=O)oc2c1. The maximum Gasteiger partial charge on any atom is 0.408 e. The fourth-order valence-electron chi connectivity index (χ4n) is 4.85. The summed E-state index contributed by atoms with van der Waals surface area (Å²) in [5.74, 6) is -0.416. The van der Waals surface area contributed by atoms with Gasteiger partial charge in [-0.05, 0) is 53.8 Å². The number of rotatable bonds is 9. The molecule has 4 aromatic carbocycles. The summed E-state index contributed by atoms with van der Waals surface area (Å²) < 4.78 is 17.1. The van der Waals surface area contributed by atoms with Crippen LogP contribution in [0.4, 0.5) is 4.79 Å². The molecule has 1 unspecified atom stereocenters. The summed E-state index contributed by atoms with van der Waals surface area (Å²) in [6, 6.07) is 30.7. The lowest BCUT2D eigenvalue weighted by Crippen LogP contribution is -2.44. The first-order valence-electron chi connectivity index (χ1n) is 13.7. The van der Waals surface area contributed by atoms with E-state index in [1.165, 1.54) is 0 Å². The second-order valence-corrected chi connectivity index (χ2v) is 10.2. The molecule has 1 amide bonds. The zero-order valence-electron chi connectivity index (χ0n) is 23.5.